The fourth-order valence-electron chi connectivity index (χ4n) is 2.44. The van der Waals surface area contributed by atoms with E-state index in [1.165, 1.54) is 0 Å². The Morgan fingerprint density at radius 2 is 1.26 bits per heavy atom. The Kier molecular flexibility index (Phi) is 6.04. The Bertz CT molecular complexity index is 868. The van der Waals surface area contributed by atoms with Crippen LogP contribution >= 0.6 is 0 Å². The van der Waals surface area contributed by atoms with E-state index in [-0.39, 0.29) is 0 Å². The molecule has 0 unspecified atom stereocenters. The molecule has 3 nitrogen and oxygen atoms in total. The van der Waals surface area contributed by atoms with Gasteiger partial charge in [-0.25, -0.2) is 31.1 Å². The molecule has 0 heterocycles. The molecule has 0 saturated carbocycles. The summed E-state index contributed by atoms with van der Waals surface area (Å²) in [6, 6.07) is 1.78. The van der Waals surface area contributed by atoms with Crippen LogP contribution in [-0.2, 0) is 14.3 Å². The highest BCUT2D eigenvalue weighted by Gasteiger charge is 2.33. The highest BCUT2D eigenvalue weighted by Crippen LogP contribution is 2.36. The standard InChI is InChI=1S/C18H10F6O3/c1-2-13(25)27-14(26)7-8(15-9(19)3-5-11(21)17(15)23)16-10(20)4-6-12(22)18(16)24/h2-6,8H,1,7H2. The minimum absolute atomic E-state index is 0.420. The lowest BCUT2D eigenvalue weighted by Gasteiger charge is -2.20. The number of carbonyl (C=O) groups is 2. The van der Waals surface area contributed by atoms with Crippen LogP contribution in [0.25, 0.3) is 0 Å². The van der Waals surface area contributed by atoms with Crippen molar-refractivity contribution in [3.63, 3.8) is 0 Å². The Morgan fingerprint density at radius 1 is 0.852 bits per heavy atom. The van der Waals surface area contributed by atoms with Crippen molar-refractivity contribution >= 4 is 11.9 Å². The monoisotopic (exact) mass is 388 g/mol. The Balaban J connectivity index is 2.66. The first-order valence-electron chi connectivity index (χ1n) is 7.31. The molecule has 0 aliphatic carbocycles. The third kappa shape index (κ3) is 4.18. The molecule has 0 fully saturated rings. The van der Waals surface area contributed by atoms with Gasteiger partial charge in [-0.05, 0) is 24.3 Å². The van der Waals surface area contributed by atoms with Gasteiger partial charge in [0.05, 0.1) is 6.42 Å². The molecular formula is C18H10F6O3. The minimum Gasteiger partial charge on any atom is -0.390 e. The molecule has 0 radical (unpaired) electrons. The van der Waals surface area contributed by atoms with Crippen LogP contribution < -0.4 is 0 Å². The van der Waals surface area contributed by atoms with E-state index < -0.39 is 70.3 Å². The van der Waals surface area contributed by atoms with Gasteiger partial charge in [-0.3, -0.25) is 4.79 Å². The van der Waals surface area contributed by atoms with Crippen molar-refractivity contribution in [3.8, 4) is 0 Å². The lowest BCUT2D eigenvalue weighted by molar-refractivity contribution is -0.156. The van der Waals surface area contributed by atoms with E-state index in [1.807, 2.05) is 0 Å². The fourth-order valence-corrected chi connectivity index (χ4v) is 2.44. The first kappa shape index (κ1) is 20.2. The Labute approximate surface area is 148 Å². The van der Waals surface area contributed by atoms with Crippen molar-refractivity contribution in [1.29, 1.82) is 0 Å². The molecule has 0 spiro atoms. The number of hydrogen-bond acceptors (Lipinski definition) is 3. The number of esters is 2. The molecule has 27 heavy (non-hydrogen) atoms. The molecule has 0 N–H and O–H groups in total. The summed E-state index contributed by atoms with van der Waals surface area (Å²) in [4.78, 5) is 22.9. The fraction of sp³-hybridized carbons (Fsp3) is 0.111. The molecule has 0 aliphatic rings. The van der Waals surface area contributed by atoms with Gasteiger partial charge in [-0.15, -0.1) is 0 Å². The molecule has 0 aromatic heterocycles. The third-order valence-electron chi connectivity index (χ3n) is 3.61. The summed E-state index contributed by atoms with van der Waals surface area (Å²) in [5.74, 6) is -14.5. The lowest BCUT2D eigenvalue weighted by atomic mass is 9.86. The van der Waals surface area contributed by atoms with Gasteiger partial charge in [-0.2, -0.15) is 0 Å². The maximum Gasteiger partial charge on any atom is 0.337 e. The van der Waals surface area contributed by atoms with Crippen LogP contribution in [0.2, 0.25) is 0 Å². The summed E-state index contributed by atoms with van der Waals surface area (Å²) in [6.07, 6.45) is -0.590. The zero-order valence-corrected chi connectivity index (χ0v) is 13.4. The Morgan fingerprint density at radius 3 is 1.67 bits per heavy atom. The number of ether oxygens (including phenoxy) is 1. The van der Waals surface area contributed by atoms with Gasteiger partial charge in [0.15, 0.2) is 23.3 Å². The number of benzene rings is 2. The van der Waals surface area contributed by atoms with Crippen LogP contribution in [0.5, 0.6) is 0 Å². The molecule has 0 bridgehead atoms. The second-order valence-corrected chi connectivity index (χ2v) is 5.27. The third-order valence-corrected chi connectivity index (χ3v) is 3.61. The van der Waals surface area contributed by atoms with Crippen LogP contribution in [-0.4, -0.2) is 11.9 Å². The Hall–Kier alpha value is -3.10. The number of carbonyl (C=O) groups excluding carboxylic acids is 2. The van der Waals surface area contributed by atoms with E-state index in [0.29, 0.717) is 30.3 Å². The van der Waals surface area contributed by atoms with Crippen LogP contribution in [0.1, 0.15) is 23.5 Å². The SMILES string of the molecule is C=CC(=O)OC(=O)CC(c1c(F)ccc(F)c1F)c1c(F)ccc(F)c1F. The molecular weight excluding hydrogens is 378 g/mol. The van der Waals surface area contributed by atoms with Gasteiger partial charge < -0.3 is 4.74 Å². The van der Waals surface area contributed by atoms with E-state index in [4.69, 9.17) is 0 Å². The maximum atomic E-state index is 14.2. The van der Waals surface area contributed by atoms with Crippen molar-refractivity contribution in [1.82, 2.24) is 0 Å². The number of hydrogen-bond donors (Lipinski definition) is 0. The number of rotatable bonds is 5. The van der Waals surface area contributed by atoms with Gasteiger partial charge in [0.1, 0.15) is 11.6 Å². The van der Waals surface area contributed by atoms with Gasteiger partial charge in [0.25, 0.3) is 0 Å². The molecule has 2 rings (SSSR count). The van der Waals surface area contributed by atoms with Crippen LogP contribution in [0.3, 0.4) is 0 Å². The predicted molar refractivity (Wildman–Crippen MR) is 80.4 cm³/mol. The van der Waals surface area contributed by atoms with Crippen LogP contribution in [0.15, 0.2) is 36.9 Å². The first-order chi connectivity index (χ1) is 12.7. The molecule has 9 heteroatoms. The summed E-state index contributed by atoms with van der Waals surface area (Å²) in [5.41, 5.74) is -2.44. The lowest BCUT2D eigenvalue weighted by Crippen LogP contribution is -2.19. The average Bonchev–Trinajstić information content (AvgIpc) is 2.61. The second-order valence-electron chi connectivity index (χ2n) is 5.27. The molecule has 0 amide bonds. The smallest absolute Gasteiger partial charge is 0.337 e. The van der Waals surface area contributed by atoms with Crippen molar-refractivity contribution in [2.75, 3.05) is 0 Å². The highest BCUT2D eigenvalue weighted by molar-refractivity contribution is 5.92. The zero-order valence-electron chi connectivity index (χ0n) is 13.4. The molecule has 0 aliphatic heterocycles. The normalized spacial score (nSPS) is 10.8. The average molecular weight is 388 g/mol. The molecule has 2 aromatic carbocycles. The maximum absolute atomic E-state index is 14.2. The summed E-state index contributed by atoms with van der Waals surface area (Å²) >= 11 is 0. The van der Waals surface area contributed by atoms with E-state index >= 15 is 0 Å². The van der Waals surface area contributed by atoms with Crippen molar-refractivity contribution in [3.05, 3.63) is 83.0 Å². The molecule has 0 saturated heterocycles. The zero-order chi connectivity index (χ0) is 20.3. The summed E-state index contributed by atoms with van der Waals surface area (Å²) in [7, 11) is 0. The highest BCUT2D eigenvalue weighted by atomic mass is 19.2. The topological polar surface area (TPSA) is 43.4 Å². The van der Waals surface area contributed by atoms with Gasteiger partial charge in [0, 0.05) is 23.1 Å². The molecule has 0 atom stereocenters. The summed E-state index contributed by atoms with van der Waals surface area (Å²) in [6.45, 7) is 3.02. The van der Waals surface area contributed by atoms with Crippen molar-refractivity contribution in [2.45, 2.75) is 12.3 Å². The van der Waals surface area contributed by atoms with E-state index in [0.717, 1.165) is 0 Å². The largest absolute Gasteiger partial charge is 0.390 e. The second kappa shape index (κ2) is 8.07. The van der Waals surface area contributed by atoms with Crippen molar-refractivity contribution < 1.29 is 40.7 Å². The molecule has 142 valence electrons. The van der Waals surface area contributed by atoms with Gasteiger partial charge in [0.2, 0.25) is 0 Å². The van der Waals surface area contributed by atoms with Gasteiger partial charge in [-0.1, -0.05) is 6.58 Å². The summed E-state index contributed by atoms with van der Waals surface area (Å²) in [5, 5.41) is 0. The number of halogens is 6. The first-order valence-corrected chi connectivity index (χ1v) is 7.31. The molecule has 2 aromatic rings. The van der Waals surface area contributed by atoms with Crippen LogP contribution in [0.4, 0.5) is 26.3 Å². The van der Waals surface area contributed by atoms with Crippen LogP contribution in [0, 0.1) is 34.9 Å². The minimum atomic E-state index is -2.15. The summed E-state index contributed by atoms with van der Waals surface area (Å²) < 4.78 is 87.8. The van der Waals surface area contributed by atoms with E-state index in [1.54, 1.807) is 0 Å². The van der Waals surface area contributed by atoms with E-state index in [2.05, 4.69) is 11.3 Å². The van der Waals surface area contributed by atoms with Gasteiger partial charge >= 0.3 is 11.9 Å². The van der Waals surface area contributed by atoms with E-state index in [9.17, 15) is 35.9 Å². The quantitative estimate of drug-likeness (QED) is 0.252. The predicted octanol–water partition coefficient (Wildman–Crippen LogP) is 4.30. The van der Waals surface area contributed by atoms with Crippen molar-refractivity contribution in [2.24, 2.45) is 0 Å².